The highest BCUT2D eigenvalue weighted by molar-refractivity contribution is 5.62. The lowest BCUT2D eigenvalue weighted by Gasteiger charge is -2.23. The van der Waals surface area contributed by atoms with E-state index in [1.807, 2.05) is 11.0 Å². The van der Waals surface area contributed by atoms with Crippen LogP contribution in [0.3, 0.4) is 0 Å². The van der Waals surface area contributed by atoms with Gasteiger partial charge in [0.2, 0.25) is 0 Å². The van der Waals surface area contributed by atoms with Gasteiger partial charge in [-0.05, 0) is 12.1 Å². The highest BCUT2D eigenvalue weighted by atomic mass is 16.5. The molecule has 0 bridgehead atoms. The van der Waals surface area contributed by atoms with Crippen LogP contribution in [0.2, 0.25) is 0 Å². The molecule has 0 unspecified atom stereocenters. The zero-order valence-corrected chi connectivity index (χ0v) is 9.39. The molecule has 0 heterocycles. The molecule has 0 fully saturated rings. The first-order chi connectivity index (χ1) is 7.72. The number of ether oxygens (including phenoxy) is 1. The largest absolute Gasteiger partial charge is 0.495 e. The molecule has 4 N–H and O–H groups in total. The van der Waals surface area contributed by atoms with Crippen molar-refractivity contribution in [2.45, 2.75) is 0 Å². The van der Waals surface area contributed by atoms with Crippen LogP contribution in [0.25, 0.3) is 0 Å². The van der Waals surface area contributed by atoms with Crippen LogP contribution in [0.1, 0.15) is 0 Å². The van der Waals surface area contributed by atoms with E-state index < -0.39 is 0 Å². The number of hydrogen-bond acceptors (Lipinski definition) is 5. The molecule has 0 aliphatic rings. The summed E-state index contributed by atoms with van der Waals surface area (Å²) in [6, 6.07) is 5.37. The fourth-order valence-electron chi connectivity index (χ4n) is 1.51. The van der Waals surface area contributed by atoms with Crippen molar-refractivity contribution in [3.63, 3.8) is 0 Å². The maximum Gasteiger partial charge on any atom is 0.143 e. The summed E-state index contributed by atoms with van der Waals surface area (Å²) in [6.45, 7) is 1.00. The van der Waals surface area contributed by atoms with Gasteiger partial charge < -0.3 is 25.6 Å². The summed E-state index contributed by atoms with van der Waals surface area (Å²) in [4.78, 5) is 1.86. The fraction of sp³-hybridized carbons (Fsp3) is 0.455. The number of nitrogens with two attached hydrogens (primary N) is 1. The normalized spacial score (nSPS) is 10.2. The summed E-state index contributed by atoms with van der Waals surface area (Å²) in [6.07, 6.45) is 0. The third-order valence-electron chi connectivity index (χ3n) is 2.32. The van der Waals surface area contributed by atoms with Crippen LogP contribution < -0.4 is 15.4 Å². The number of methoxy groups -OCH3 is 1. The molecular formula is C11H18N2O3. The molecule has 0 radical (unpaired) electrons. The molecular weight excluding hydrogens is 208 g/mol. The Kier molecular flexibility index (Phi) is 4.88. The molecule has 0 amide bonds. The number of aliphatic hydroxyl groups is 2. The number of hydrogen-bond donors (Lipinski definition) is 3. The van der Waals surface area contributed by atoms with E-state index in [4.69, 9.17) is 20.7 Å². The Balaban J connectivity index is 2.90. The van der Waals surface area contributed by atoms with Crippen LogP contribution in [0.15, 0.2) is 18.2 Å². The topological polar surface area (TPSA) is 79.0 Å². The van der Waals surface area contributed by atoms with Gasteiger partial charge in [0.05, 0.1) is 26.0 Å². The van der Waals surface area contributed by atoms with Gasteiger partial charge in [-0.1, -0.05) is 0 Å². The number of nitrogen functional groups attached to an aromatic ring is 1. The van der Waals surface area contributed by atoms with Crippen LogP contribution in [-0.2, 0) is 0 Å². The Bertz CT molecular complexity index is 325. The predicted octanol–water partition coefficient (Wildman–Crippen LogP) is 0.0684. The molecule has 0 spiro atoms. The van der Waals surface area contributed by atoms with E-state index in [1.165, 1.54) is 0 Å². The number of anilines is 2. The van der Waals surface area contributed by atoms with E-state index in [9.17, 15) is 0 Å². The van der Waals surface area contributed by atoms with Crippen molar-refractivity contribution < 1.29 is 14.9 Å². The standard InChI is InChI=1S/C11H18N2O3/c1-16-11-8-9(2-3-10(11)12)13(4-6-14)5-7-15/h2-3,8,14-15H,4-7,12H2,1H3. The quantitative estimate of drug-likeness (QED) is 0.598. The Morgan fingerprint density at radius 1 is 1.25 bits per heavy atom. The Morgan fingerprint density at radius 3 is 2.38 bits per heavy atom. The molecule has 5 nitrogen and oxygen atoms in total. The molecule has 1 aromatic rings. The van der Waals surface area contributed by atoms with Crippen molar-refractivity contribution in [3.8, 4) is 5.75 Å². The third-order valence-corrected chi connectivity index (χ3v) is 2.32. The first-order valence-electron chi connectivity index (χ1n) is 5.13. The van der Waals surface area contributed by atoms with Crippen molar-refractivity contribution in [2.75, 3.05) is 44.0 Å². The van der Waals surface area contributed by atoms with Crippen LogP contribution in [-0.4, -0.2) is 43.6 Å². The summed E-state index contributed by atoms with van der Waals surface area (Å²) in [5, 5.41) is 17.9. The maximum absolute atomic E-state index is 8.93. The van der Waals surface area contributed by atoms with Gasteiger partial charge in [0.25, 0.3) is 0 Å². The second-order valence-electron chi connectivity index (χ2n) is 3.36. The lowest BCUT2D eigenvalue weighted by atomic mass is 10.2. The van der Waals surface area contributed by atoms with Gasteiger partial charge >= 0.3 is 0 Å². The van der Waals surface area contributed by atoms with E-state index in [0.717, 1.165) is 5.69 Å². The molecule has 0 saturated carbocycles. The zero-order chi connectivity index (χ0) is 12.0. The first-order valence-corrected chi connectivity index (χ1v) is 5.13. The molecule has 90 valence electrons. The lowest BCUT2D eigenvalue weighted by molar-refractivity contribution is 0.281. The SMILES string of the molecule is COc1cc(N(CCO)CCO)ccc1N. The lowest BCUT2D eigenvalue weighted by Crippen LogP contribution is -2.29. The minimum atomic E-state index is 0.0344. The van der Waals surface area contributed by atoms with Gasteiger partial charge in [0.1, 0.15) is 5.75 Å². The number of rotatable bonds is 6. The zero-order valence-electron chi connectivity index (χ0n) is 9.39. The van der Waals surface area contributed by atoms with E-state index in [1.54, 1.807) is 19.2 Å². The van der Waals surface area contributed by atoms with Crippen molar-refractivity contribution in [2.24, 2.45) is 0 Å². The molecule has 0 aliphatic carbocycles. The van der Waals surface area contributed by atoms with Crippen LogP contribution in [0.5, 0.6) is 5.75 Å². The van der Waals surface area contributed by atoms with Gasteiger partial charge in [0, 0.05) is 24.8 Å². The highest BCUT2D eigenvalue weighted by Gasteiger charge is 2.08. The van der Waals surface area contributed by atoms with Gasteiger partial charge in [-0.3, -0.25) is 0 Å². The van der Waals surface area contributed by atoms with Gasteiger partial charge in [0.15, 0.2) is 0 Å². The summed E-state index contributed by atoms with van der Waals surface area (Å²) >= 11 is 0. The van der Waals surface area contributed by atoms with E-state index in [0.29, 0.717) is 24.5 Å². The van der Waals surface area contributed by atoms with E-state index in [2.05, 4.69) is 0 Å². The van der Waals surface area contributed by atoms with Crippen LogP contribution in [0.4, 0.5) is 11.4 Å². The van der Waals surface area contributed by atoms with Crippen molar-refractivity contribution >= 4 is 11.4 Å². The average Bonchev–Trinajstić information content (AvgIpc) is 2.29. The number of benzene rings is 1. The minimum absolute atomic E-state index is 0.0344. The molecule has 0 atom stereocenters. The Hall–Kier alpha value is -1.46. The second-order valence-corrected chi connectivity index (χ2v) is 3.36. The number of aliphatic hydroxyl groups excluding tert-OH is 2. The summed E-state index contributed by atoms with van der Waals surface area (Å²) < 4.78 is 5.12. The maximum atomic E-state index is 8.93. The molecule has 0 aliphatic heterocycles. The number of nitrogens with zero attached hydrogens (tertiary/aromatic N) is 1. The van der Waals surface area contributed by atoms with Crippen molar-refractivity contribution in [1.29, 1.82) is 0 Å². The molecule has 0 saturated heterocycles. The van der Waals surface area contributed by atoms with Gasteiger partial charge in [-0.2, -0.15) is 0 Å². The van der Waals surface area contributed by atoms with Crippen LogP contribution in [0, 0.1) is 0 Å². The second kappa shape index (κ2) is 6.19. The fourth-order valence-corrected chi connectivity index (χ4v) is 1.51. The molecule has 1 rings (SSSR count). The Labute approximate surface area is 95.1 Å². The average molecular weight is 226 g/mol. The molecule has 1 aromatic carbocycles. The summed E-state index contributed by atoms with van der Waals surface area (Å²) in [5.74, 6) is 0.596. The van der Waals surface area contributed by atoms with Gasteiger partial charge in [-0.15, -0.1) is 0 Å². The van der Waals surface area contributed by atoms with Gasteiger partial charge in [-0.25, -0.2) is 0 Å². The Morgan fingerprint density at radius 2 is 1.88 bits per heavy atom. The third kappa shape index (κ3) is 3.01. The summed E-state index contributed by atoms with van der Waals surface area (Å²) in [5.41, 5.74) is 7.14. The molecule has 0 aromatic heterocycles. The highest BCUT2D eigenvalue weighted by Crippen LogP contribution is 2.27. The van der Waals surface area contributed by atoms with E-state index in [-0.39, 0.29) is 13.2 Å². The smallest absolute Gasteiger partial charge is 0.143 e. The first kappa shape index (κ1) is 12.6. The molecule has 16 heavy (non-hydrogen) atoms. The predicted molar refractivity (Wildman–Crippen MR) is 63.8 cm³/mol. The minimum Gasteiger partial charge on any atom is -0.495 e. The monoisotopic (exact) mass is 226 g/mol. The van der Waals surface area contributed by atoms with Crippen LogP contribution >= 0.6 is 0 Å². The van der Waals surface area contributed by atoms with Crippen molar-refractivity contribution in [3.05, 3.63) is 18.2 Å². The molecule has 5 heteroatoms. The summed E-state index contributed by atoms with van der Waals surface area (Å²) in [7, 11) is 1.55. The van der Waals surface area contributed by atoms with E-state index >= 15 is 0 Å². The van der Waals surface area contributed by atoms with Crippen molar-refractivity contribution in [1.82, 2.24) is 0 Å².